The summed E-state index contributed by atoms with van der Waals surface area (Å²) in [5, 5.41) is 0. The zero-order valence-corrected chi connectivity index (χ0v) is 20.1. The molecule has 0 aromatic heterocycles. The highest BCUT2D eigenvalue weighted by molar-refractivity contribution is 7.41. The molecule has 0 aliphatic carbocycles. The van der Waals surface area contributed by atoms with Gasteiger partial charge in [-0.3, -0.25) is 0 Å². The maximum absolute atomic E-state index is 10.3. The molecule has 1 N–H and O–H groups in total. The fourth-order valence-electron chi connectivity index (χ4n) is 3.12. The van der Waals surface area contributed by atoms with E-state index in [1.165, 1.54) is 11.1 Å². The molecule has 2 atom stereocenters. The molecule has 172 valence electrons. The van der Waals surface area contributed by atoms with Gasteiger partial charge in [-0.2, -0.15) is 0 Å². The fourth-order valence-corrected chi connectivity index (χ4v) is 3.74. The van der Waals surface area contributed by atoms with Crippen molar-refractivity contribution < 1.29 is 23.4 Å². The van der Waals surface area contributed by atoms with Crippen molar-refractivity contribution in [2.45, 2.75) is 52.4 Å². The number of unbranched alkanes of at least 4 members (excludes halogenated alkanes) is 1. The van der Waals surface area contributed by atoms with Gasteiger partial charge in [0.2, 0.25) is 0 Å². The van der Waals surface area contributed by atoms with E-state index >= 15 is 0 Å². The van der Waals surface area contributed by atoms with E-state index < -0.39 is 8.60 Å². The number of hydrogen-bond acceptors (Lipinski definition) is 5. The van der Waals surface area contributed by atoms with Crippen LogP contribution >= 0.6 is 8.60 Å². The third-order valence-electron chi connectivity index (χ3n) is 5.09. The minimum Gasteiger partial charge on any atom is -0.427 e. The monoisotopic (exact) mass is 448 g/mol. The Labute approximate surface area is 188 Å². The quantitative estimate of drug-likeness (QED) is 0.252. The standard InChI is InChI=1S/C25H37O5P/c1-5-6-14-27-15-16-28-17-18-29-31(26)30-25-13-12-23(20(2)3)19-24(25)21(4)22-10-8-7-9-11-22/h7-13,19-21,26H,5-6,14-18H2,1-4H3. The van der Waals surface area contributed by atoms with E-state index in [0.29, 0.717) is 31.5 Å². The first-order valence-electron chi connectivity index (χ1n) is 11.2. The van der Waals surface area contributed by atoms with Crippen LogP contribution in [-0.2, 0) is 14.0 Å². The Bertz CT molecular complexity index is 738. The molecule has 2 aromatic carbocycles. The largest absolute Gasteiger partial charge is 0.427 e. The van der Waals surface area contributed by atoms with E-state index in [9.17, 15) is 4.89 Å². The van der Waals surface area contributed by atoms with Gasteiger partial charge in [0, 0.05) is 18.1 Å². The van der Waals surface area contributed by atoms with Gasteiger partial charge in [-0.15, -0.1) is 0 Å². The smallest absolute Gasteiger partial charge is 0.394 e. The van der Waals surface area contributed by atoms with Crippen molar-refractivity contribution in [2.24, 2.45) is 0 Å². The molecule has 0 bridgehead atoms. The molecule has 0 aliphatic rings. The Kier molecular flexibility index (Phi) is 12.1. The Hall–Kier alpha value is -1.49. The molecular formula is C25H37O5P. The molecule has 0 aliphatic heterocycles. The molecule has 31 heavy (non-hydrogen) atoms. The summed E-state index contributed by atoms with van der Waals surface area (Å²) in [4.78, 5) is 10.3. The fraction of sp³-hybridized carbons (Fsp3) is 0.520. The average molecular weight is 449 g/mol. The third kappa shape index (κ3) is 9.26. The van der Waals surface area contributed by atoms with Crippen LogP contribution in [0.2, 0.25) is 0 Å². The van der Waals surface area contributed by atoms with Gasteiger partial charge < -0.3 is 23.4 Å². The van der Waals surface area contributed by atoms with Crippen molar-refractivity contribution in [2.75, 3.05) is 33.0 Å². The van der Waals surface area contributed by atoms with Crippen LogP contribution in [0.1, 0.15) is 69.1 Å². The zero-order chi connectivity index (χ0) is 22.5. The Morgan fingerprint density at radius 2 is 1.52 bits per heavy atom. The Morgan fingerprint density at radius 1 is 0.839 bits per heavy atom. The SMILES string of the molecule is CCCCOCCOCCOP(O)Oc1ccc(C(C)C)cc1C(C)c1ccccc1. The molecule has 2 unspecified atom stereocenters. The maximum atomic E-state index is 10.3. The lowest BCUT2D eigenvalue weighted by Crippen LogP contribution is -2.09. The van der Waals surface area contributed by atoms with Crippen LogP contribution in [0.15, 0.2) is 48.5 Å². The Morgan fingerprint density at radius 3 is 2.19 bits per heavy atom. The second-order valence-corrected chi connectivity index (χ2v) is 8.74. The van der Waals surface area contributed by atoms with Crippen molar-refractivity contribution in [1.82, 2.24) is 0 Å². The third-order valence-corrected chi connectivity index (χ3v) is 5.84. The lowest BCUT2D eigenvalue weighted by molar-refractivity contribution is 0.0344. The van der Waals surface area contributed by atoms with E-state index in [2.05, 4.69) is 45.9 Å². The number of ether oxygens (including phenoxy) is 2. The second-order valence-electron chi connectivity index (χ2n) is 7.82. The minimum atomic E-state index is -2.04. The lowest BCUT2D eigenvalue weighted by atomic mass is 9.89. The molecule has 0 heterocycles. The molecule has 2 aromatic rings. The van der Waals surface area contributed by atoms with Gasteiger partial charge in [0.05, 0.1) is 26.4 Å². The van der Waals surface area contributed by atoms with Crippen molar-refractivity contribution >= 4 is 8.60 Å². The molecule has 0 spiro atoms. The van der Waals surface area contributed by atoms with E-state index in [-0.39, 0.29) is 12.5 Å². The van der Waals surface area contributed by atoms with E-state index in [4.69, 9.17) is 18.5 Å². The summed E-state index contributed by atoms with van der Waals surface area (Å²) in [5.41, 5.74) is 3.48. The predicted molar refractivity (Wildman–Crippen MR) is 127 cm³/mol. The van der Waals surface area contributed by atoms with Crippen molar-refractivity contribution in [1.29, 1.82) is 0 Å². The summed E-state index contributed by atoms with van der Waals surface area (Å²) in [5.74, 6) is 1.19. The lowest BCUT2D eigenvalue weighted by Gasteiger charge is -2.21. The molecule has 5 nitrogen and oxygen atoms in total. The van der Waals surface area contributed by atoms with Crippen molar-refractivity contribution in [3.8, 4) is 5.75 Å². The van der Waals surface area contributed by atoms with Gasteiger partial charge in [-0.05, 0) is 29.5 Å². The van der Waals surface area contributed by atoms with Crippen LogP contribution in [0.3, 0.4) is 0 Å². The topological polar surface area (TPSA) is 57.2 Å². The number of rotatable bonds is 15. The molecule has 2 rings (SSSR count). The molecule has 6 heteroatoms. The van der Waals surface area contributed by atoms with Gasteiger partial charge in [0.25, 0.3) is 0 Å². The van der Waals surface area contributed by atoms with Gasteiger partial charge in [0.15, 0.2) is 0 Å². The first kappa shape index (κ1) is 25.8. The minimum absolute atomic E-state index is 0.134. The highest BCUT2D eigenvalue weighted by Gasteiger charge is 2.19. The van der Waals surface area contributed by atoms with E-state index in [1.54, 1.807) is 0 Å². The summed E-state index contributed by atoms with van der Waals surface area (Å²) in [6, 6.07) is 16.5. The molecular weight excluding hydrogens is 411 g/mol. The van der Waals surface area contributed by atoms with Gasteiger partial charge in [0.1, 0.15) is 5.75 Å². The number of hydrogen-bond donors (Lipinski definition) is 1. The molecule has 0 amide bonds. The molecule has 0 saturated heterocycles. The van der Waals surface area contributed by atoms with E-state index in [1.807, 2.05) is 30.3 Å². The number of benzene rings is 2. The van der Waals surface area contributed by atoms with Crippen LogP contribution in [0.5, 0.6) is 5.75 Å². The summed E-state index contributed by atoms with van der Waals surface area (Å²) in [7, 11) is -2.04. The predicted octanol–water partition coefficient (Wildman–Crippen LogP) is 6.41. The first-order chi connectivity index (χ1) is 15.0. The van der Waals surface area contributed by atoms with Gasteiger partial charge in [-0.1, -0.05) is 76.6 Å². The molecule has 0 fully saturated rings. The van der Waals surface area contributed by atoms with E-state index in [0.717, 1.165) is 25.0 Å². The highest BCUT2D eigenvalue weighted by Crippen LogP contribution is 2.41. The highest BCUT2D eigenvalue weighted by atomic mass is 31.2. The van der Waals surface area contributed by atoms with Crippen LogP contribution in [0.25, 0.3) is 0 Å². The molecule has 0 saturated carbocycles. The summed E-state index contributed by atoms with van der Waals surface area (Å²) >= 11 is 0. The van der Waals surface area contributed by atoms with Crippen LogP contribution in [0, 0.1) is 0 Å². The summed E-state index contributed by atoms with van der Waals surface area (Å²) < 4.78 is 22.2. The maximum Gasteiger partial charge on any atom is 0.394 e. The average Bonchev–Trinajstić information content (AvgIpc) is 2.78. The Balaban J connectivity index is 1.88. The summed E-state index contributed by atoms with van der Waals surface area (Å²) in [6.07, 6.45) is 2.19. The van der Waals surface area contributed by atoms with Gasteiger partial charge in [-0.25, -0.2) is 0 Å². The van der Waals surface area contributed by atoms with Gasteiger partial charge >= 0.3 is 8.60 Å². The molecule has 0 radical (unpaired) electrons. The summed E-state index contributed by atoms with van der Waals surface area (Å²) in [6.45, 7) is 11.2. The normalized spacial score (nSPS) is 13.4. The van der Waals surface area contributed by atoms with Crippen molar-refractivity contribution in [3.05, 3.63) is 65.2 Å². The zero-order valence-electron chi connectivity index (χ0n) is 19.3. The second kappa shape index (κ2) is 14.5. The van der Waals surface area contributed by atoms with Crippen LogP contribution in [-0.4, -0.2) is 37.9 Å². The first-order valence-corrected chi connectivity index (χ1v) is 12.3. The van der Waals surface area contributed by atoms with Crippen LogP contribution in [0.4, 0.5) is 0 Å². The van der Waals surface area contributed by atoms with Crippen LogP contribution < -0.4 is 4.52 Å². The van der Waals surface area contributed by atoms with Crippen molar-refractivity contribution in [3.63, 3.8) is 0 Å².